The highest BCUT2D eigenvalue weighted by Crippen LogP contribution is 2.40. The van der Waals surface area contributed by atoms with Crippen LogP contribution in [0.3, 0.4) is 0 Å². The van der Waals surface area contributed by atoms with E-state index in [4.69, 9.17) is 4.74 Å². The van der Waals surface area contributed by atoms with Crippen LogP contribution < -0.4 is 4.74 Å². The molecule has 74 valence electrons. The predicted octanol–water partition coefficient (Wildman–Crippen LogP) is 2.26. The van der Waals surface area contributed by atoms with Crippen LogP contribution in [0.1, 0.15) is 16.8 Å². The van der Waals surface area contributed by atoms with Gasteiger partial charge in [0, 0.05) is 6.42 Å². The summed E-state index contributed by atoms with van der Waals surface area (Å²) in [6.45, 7) is 0.259. The van der Waals surface area contributed by atoms with E-state index in [-0.39, 0.29) is 34.6 Å². The zero-order chi connectivity index (χ0) is 10.3. The van der Waals surface area contributed by atoms with Gasteiger partial charge in [-0.15, -0.1) is 0 Å². The van der Waals surface area contributed by atoms with E-state index >= 15 is 0 Å². The van der Waals surface area contributed by atoms with Crippen LogP contribution in [0.4, 0.5) is 4.39 Å². The zero-order valence-electron chi connectivity index (χ0n) is 7.01. The number of phenols is 1. The molecule has 0 atom stereocenters. The standard InChI is InChI=1S/C9H6BrFO3/c10-7-8(13)5(11)3-4-6(12)1-2-14-9(4)7/h3,13H,1-2H2. The largest absolute Gasteiger partial charge is 0.504 e. The minimum atomic E-state index is -0.825. The van der Waals surface area contributed by atoms with Crippen molar-refractivity contribution in [3.05, 3.63) is 21.9 Å². The fraction of sp³-hybridized carbons (Fsp3) is 0.222. The number of carbonyl (C=O) groups excluding carboxylic acids is 1. The summed E-state index contributed by atoms with van der Waals surface area (Å²) in [5.41, 5.74) is 0.179. The van der Waals surface area contributed by atoms with Crippen molar-refractivity contribution in [2.45, 2.75) is 6.42 Å². The van der Waals surface area contributed by atoms with Crippen molar-refractivity contribution < 1.29 is 19.0 Å². The van der Waals surface area contributed by atoms with Crippen molar-refractivity contribution in [2.75, 3.05) is 6.61 Å². The lowest BCUT2D eigenvalue weighted by atomic mass is 10.0. The monoisotopic (exact) mass is 260 g/mol. The Morgan fingerprint density at radius 2 is 2.29 bits per heavy atom. The summed E-state index contributed by atoms with van der Waals surface area (Å²) in [5.74, 6) is -1.31. The van der Waals surface area contributed by atoms with Gasteiger partial charge in [0.1, 0.15) is 10.2 Å². The molecule has 3 nitrogen and oxygen atoms in total. The Bertz CT molecular complexity index is 417. The van der Waals surface area contributed by atoms with Gasteiger partial charge in [0.15, 0.2) is 17.3 Å². The van der Waals surface area contributed by atoms with Crippen molar-refractivity contribution in [3.63, 3.8) is 0 Å². The van der Waals surface area contributed by atoms with Crippen molar-refractivity contribution in [1.29, 1.82) is 0 Å². The Hall–Kier alpha value is -1.10. The lowest BCUT2D eigenvalue weighted by molar-refractivity contribution is 0.0931. The van der Waals surface area contributed by atoms with E-state index in [0.29, 0.717) is 0 Å². The van der Waals surface area contributed by atoms with Crippen LogP contribution in [0.25, 0.3) is 0 Å². The fourth-order valence-electron chi connectivity index (χ4n) is 1.32. The van der Waals surface area contributed by atoms with Crippen LogP contribution in [0.5, 0.6) is 11.5 Å². The number of rotatable bonds is 0. The van der Waals surface area contributed by atoms with Gasteiger partial charge in [0.2, 0.25) is 0 Å². The number of halogens is 2. The number of ether oxygens (including phenoxy) is 1. The second kappa shape index (κ2) is 3.24. The highest BCUT2D eigenvalue weighted by Gasteiger charge is 2.25. The number of hydrogen-bond donors (Lipinski definition) is 1. The topological polar surface area (TPSA) is 46.5 Å². The first-order valence-corrected chi connectivity index (χ1v) is 4.77. The van der Waals surface area contributed by atoms with E-state index < -0.39 is 11.6 Å². The molecule has 0 saturated carbocycles. The van der Waals surface area contributed by atoms with E-state index in [1.807, 2.05) is 0 Å². The number of hydrogen-bond acceptors (Lipinski definition) is 3. The molecular formula is C9H6BrFO3. The molecule has 1 aliphatic heterocycles. The Morgan fingerprint density at radius 3 is 3.00 bits per heavy atom. The first kappa shape index (κ1) is 9.45. The number of ketones is 1. The number of benzene rings is 1. The average Bonchev–Trinajstić information content (AvgIpc) is 2.17. The molecule has 0 aromatic heterocycles. The van der Waals surface area contributed by atoms with E-state index in [1.165, 1.54) is 0 Å². The molecule has 2 rings (SSSR count). The number of phenolic OH excluding ortho intramolecular Hbond substituents is 1. The van der Waals surface area contributed by atoms with E-state index in [0.717, 1.165) is 6.07 Å². The molecule has 0 fully saturated rings. The van der Waals surface area contributed by atoms with Gasteiger partial charge in [0.25, 0.3) is 0 Å². The molecule has 0 radical (unpaired) electrons. The van der Waals surface area contributed by atoms with Gasteiger partial charge in [-0.2, -0.15) is 0 Å². The molecule has 0 unspecified atom stereocenters. The van der Waals surface area contributed by atoms with Crippen LogP contribution in [0.2, 0.25) is 0 Å². The van der Waals surface area contributed by atoms with E-state index in [1.54, 1.807) is 0 Å². The normalized spacial score (nSPS) is 14.9. The maximum absolute atomic E-state index is 13.1. The van der Waals surface area contributed by atoms with Crippen LogP contribution in [0, 0.1) is 5.82 Å². The van der Waals surface area contributed by atoms with Crippen LogP contribution in [-0.4, -0.2) is 17.5 Å². The summed E-state index contributed by atoms with van der Waals surface area (Å²) in [6, 6.07) is 0.997. The second-order valence-electron chi connectivity index (χ2n) is 2.92. The number of fused-ring (bicyclic) bond motifs is 1. The smallest absolute Gasteiger partial charge is 0.170 e. The molecule has 0 amide bonds. The highest BCUT2D eigenvalue weighted by atomic mass is 79.9. The quantitative estimate of drug-likeness (QED) is 0.779. The molecule has 14 heavy (non-hydrogen) atoms. The number of carbonyl (C=O) groups is 1. The van der Waals surface area contributed by atoms with Gasteiger partial charge in [-0.1, -0.05) is 0 Å². The number of Topliss-reactive ketones (excluding diaryl/α,β-unsaturated/α-hetero) is 1. The Balaban J connectivity index is 2.69. The zero-order valence-corrected chi connectivity index (χ0v) is 8.60. The molecule has 0 bridgehead atoms. The third-order valence-electron chi connectivity index (χ3n) is 2.03. The summed E-state index contributed by atoms with van der Waals surface area (Å²) in [5, 5.41) is 9.24. The Morgan fingerprint density at radius 1 is 1.57 bits per heavy atom. The summed E-state index contributed by atoms with van der Waals surface area (Å²) in [4.78, 5) is 11.4. The predicted molar refractivity (Wildman–Crippen MR) is 50.2 cm³/mol. The molecule has 1 aromatic rings. The lowest BCUT2D eigenvalue weighted by Crippen LogP contribution is -2.16. The maximum atomic E-state index is 13.1. The molecule has 1 aliphatic rings. The van der Waals surface area contributed by atoms with Gasteiger partial charge in [-0.3, -0.25) is 4.79 Å². The molecule has 0 saturated heterocycles. The minimum absolute atomic E-state index is 0.0977. The molecule has 0 spiro atoms. The summed E-state index contributed by atoms with van der Waals surface area (Å²) in [7, 11) is 0. The third kappa shape index (κ3) is 1.28. The average molecular weight is 261 g/mol. The second-order valence-corrected chi connectivity index (χ2v) is 3.71. The Labute approximate surface area is 87.6 Å². The lowest BCUT2D eigenvalue weighted by Gasteiger charge is -2.18. The van der Waals surface area contributed by atoms with Crippen LogP contribution in [0.15, 0.2) is 10.5 Å². The van der Waals surface area contributed by atoms with Gasteiger partial charge in [-0.25, -0.2) is 4.39 Å². The molecular weight excluding hydrogens is 255 g/mol. The van der Waals surface area contributed by atoms with Crippen molar-refractivity contribution in [1.82, 2.24) is 0 Å². The van der Waals surface area contributed by atoms with Gasteiger partial charge in [-0.05, 0) is 22.0 Å². The Kier molecular flexibility index (Phi) is 2.19. The van der Waals surface area contributed by atoms with Crippen LogP contribution >= 0.6 is 15.9 Å². The first-order valence-electron chi connectivity index (χ1n) is 3.98. The van der Waals surface area contributed by atoms with E-state index in [2.05, 4.69) is 15.9 Å². The molecule has 5 heteroatoms. The fourth-order valence-corrected chi connectivity index (χ4v) is 1.84. The maximum Gasteiger partial charge on any atom is 0.170 e. The summed E-state index contributed by atoms with van der Waals surface area (Å²) in [6.07, 6.45) is 0.240. The molecule has 0 aliphatic carbocycles. The highest BCUT2D eigenvalue weighted by molar-refractivity contribution is 9.10. The third-order valence-corrected chi connectivity index (χ3v) is 2.76. The summed E-state index contributed by atoms with van der Waals surface area (Å²) < 4.78 is 18.3. The first-order chi connectivity index (χ1) is 6.61. The van der Waals surface area contributed by atoms with Crippen LogP contribution in [-0.2, 0) is 0 Å². The van der Waals surface area contributed by atoms with Crippen molar-refractivity contribution in [3.8, 4) is 11.5 Å². The van der Waals surface area contributed by atoms with E-state index in [9.17, 15) is 14.3 Å². The van der Waals surface area contributed by atoms with Crippen molar-refractivity contribution >= 4 is 21.7 Å². The molecule has 1 aromatic carbocycles. The SMILES string of the molecule is O=C1CCOc2c1cc(F)c(O)c2Br. The van der Waals surface area contributed by atoms with Gasteiger partial charge in [0.05, 0.1) is 12.2 Å². The molecule has 1 N–H and O–H groups in total. The van der Waals surface area contributed by atoms with Gasteiger partial charge < -0.3 is 9.84 Å². The summed E-state index contributed by atoms with van der Waals surface area (Å²) >= 11 is 2.98. The van der Waals surface area contributed by atoms with Crippen molar-refractivity contribution in [2.24, 2.45) is 0 Å². The minimum Gasteiger partial charge on any atom is -0.504 e. The number of aromatic hydroxyl groups is 1. The van der Waals surface area contributed by atoms with Gasteiger partial charge >= 0.3 is 0 Å². The molecule has 1 heterocycles.